The molecule has 0 radical (unpaired) electrons. The normalized spacial score (nSPS) is 11.2. The van der Waals surface area contributed by atoms with E-state index < -0.39 is 0 Å². The summed E-state index contributed by atoms with van der Waals surface area (Å²) in [5, 5.41) is 56.9. The van der Waals surface area contributed by atoms with Crippen LogP contribution in [-0.2, 0) is 13.6 Å². The Morgan fingerprint density at radius 1 is 0.597 bits per heavy atom. The number of nitrogens with one attached hydrogen (secondary N) is 3. The highest BCUT2D eigenvalue weighted by Crippen LogP contribution is 2.26. The van der Waals surface area contributed by atoms with Crippen LogP contribution in [0.15, 0.2) is 156 Å². The van der Waals surface area contributed by atoms with Gasteiger partial charge in [-0.15, -0.1) is 0 Å². The number of hydrogen-bond acceptors (Lipinski definition) is 15. The fourth-order valence-corrected chi connectivity index (χ4v) is 8.40. The lowest BCUT2D eigenvalue weighted by Crippen LogP contribution is -2.78. The van der Waals surface area contributed by atoms with Gasteiger partial charge in [0.25, 0.3) is 11.8 Å². The largest absolute Gasteiger partial charge is 0.395 e. The van der Waals surface area contributed by atoms with Crippen LogP contribution in [0.25, 0.3) is 0 Å². The van der Waals surface area contributed by atoms with Crippen molar-refractivity contribution in [1.82, 2.24) is 19.3 Å². The van der Waals surface area contributed by atoms with Gasteiger partial charge in [0.15, 0.2) is 0 Å². The molecule has 77 heavy (non-hydrogen) atoms. The Balaban J connectivity index is 0.852. The molecule has 0 bridgehead atoms. The van der Waals surface area contributed by atoms with Crippen molar-refractivity contribution in [3.8, 4) is 0 Å². The molecular formula is C57H78N14O6+2. The molecule has 2 amide bonds. The molecule has 6 rings (SSSR count). The summed E-state index contributed by atoms with van der Waals surface area (Å²) in [5.41, 5.74) is 11.8. The molecule has 0 aliphatic carbocycles. The number of aliphatic hydroxyl groups excluding tert-OH is 4. The van der Waals surface area contributed by atoms with E-state index in [4.69, 9.17) is 0 Å². The highest BCUT2D eigenvalue weighted by molar-refractivity contribution is 5.97. The number of hydrogen-bond donors (Lipinski definition) is 8. The summed E-state index contributed by atoms with van der Waals surface area (Å²) in [6.45, 7) is 4.90. The minimum Gasteiger partial charge on any atom is -0.395 e. The molecule has 5 aromatic carbocycles. The van der Waals surface area contributed by atoms with Crippen molar-refractivity contribution in [2.24, 2.45) is 17.3 Å². The van der Waals surface area contributed by atoms with Crippen LogP contribution in [0.3, 0.4) is 0 Å². The smallest absolute Gasteiger partial charge is 0.379 e. The number of benzene rings is 5. The van der Waals surface area contributed by atoms with Crippen LogP contribution in [0.1, 0.15) is 33.6 Å². The van der Waals surface area contributed by atoms with Crippen LogP contribution in [0.2, 0.25) is 0 Å². The third kappa shape index (κ3) is 18.1. The van der Waals surface area contributed by atoms with E-state index in [0.29, 0.717) is 63.6 Å². The number of nitrogens with two attached hydrogens (primary N) is 1. The van der Waals surface area contributed by atoms with Crippen molar-refractivity contribution in [2.45, 2.75) is 19.4 Å². The Kier molecular flexibility index (Phi) is 23.1. The van der Waals surface area contributed by atoms with Crippen molar-refractivity contribution in [1.29, 1.82) is 0 Å². The average Bonchev–Trinajstić information content (AvgIpc) is 3.79. The van der Waals surface area contributed by atoms with Gasteiger partial charge in [0, 0.05) is 119 Å². The molecule has 0 atom stereocenters. The van der Waals surface area contributed by atoms with Gasteiger partial charge in [-0.05, 0) is 128 Å². The average molecular weight is 1060 g/mol. The maximum Gasteiger partial charge on any atom is 0.379 e. The molecule has 20 nitrogen and oxygen atoms in total. The number of carbonyl (C=O) groups excluding carboxylic acids is 2. The van der Waals surface area contributed by atoms with Crippen LogP contribution >= 0.6 is 0 Å². The molecule has 0 aliphatic rings. The summed E-state index contributed by atoms with van der Waals surface area (Å²) >= 11 is 0. The maximum atomic E-state index is 13.4. The number of aromatic nitrogens is 2. The lowest BCUT2D eigenvalue weighted by Gasteiger charge is -2.23. The molecule has 0 spiro atoms. The maximum absolute atomic E-state index is 13.4. The zero-order chi connectivity index (χ0) is 54.9. The van der Waals surface area contributed by atoms with Crippen molar-refractivity contribution in [2.75, 3.05) is 138 Å². The monoisotopic (exact) mass is 1050 g/mol. The van der Waals surface area contributed by atoms with Crippen LogP contribution in [-0.4, -0.2) is 159 Å². The Bertz CT molecular complexity index is 2740. The van der Waals surface area contributed by atoms with Crippen molar-refractivity contribution < 1.29 is 39.9 Å². The van der Waals surface area contributed by atoms with Crippen molar-refractivity contribution >= 4 is 63.3 Å². The highest BCUT2D eigenvalue weighted by Gasteiger charge is 2.19. The van der Waals surface area contributed by atoms with Gasteiger partial charge in [-0.1, -0.05) is 0 Å². The first-order valence-electron chi connectivity index (χ1n) is 26.0. The predicted octanol–water partition coefficient (Wildman–Crippen LogP) is 5.18. The van der Waals surface area contributed by atoms with E-state index in [-0.39, 0.29) is 38.2 Å². The number of carbonyl (C=O) groups is 2. The van der Waals surface area contributed by atoms with Crippen LogP contribution in [0.5, 0.6) is 0 Å². The zero-order valence-corrected chi connectivity index (χ0v) is 45.1. The SMILES string of the molecule is CN(C=C[NH2+]CCCN(C)C(=O)c1ccc(C(=O)N(C)CCCn2cc[n+](C)c2NN(C)c2ccc(Nc3ccc(N(CCO)CCO)cc3)cc2)cc1)CN=Nc1ccc(Nc2ccc(N(CCO)CCO)cc2)cc1. The van der Waals surface area contributed by atoms with E-state index >= 15 is 0 Å². The number of rotatable bonds is 32. The topological polar surface area (TPSA) is 221 Å². The van der Waals surface area contributed by atoms with Crippen molar-refractivity contribution in [3.63, 3.8) is 0 Å². The number of nitrogens with zero attached hydrogens (tertiary/aromatic N) is 10. The van der Waals surface area contributed by atoms with E-state index in [1.807, 2.05) is 167 Å². The Hall–Kier alpha value is -8.01. The lowest BCUT2D eigenvalue weighted by atomic mass is 10.1. The molecule has 0 saturated heterocycles. The number of quaternary nitrogens is 1. The Labute approximate surface area is 452 Å². The van der Waals surface area contributed by atoms with Gasteiger partial charge in [0.1, 0.15) is 12.9 Å². The van der Waals surface area contributed by atoms with Crippen LogP contribution < -0.4 is 40.8 Å². The summed E-state index contributed by atoms with van der Waals surface area (Å²) < 4.78 is 4.14. The standard InChI is InChI=1S/C57H76N14O6/c1-64(44-59-62-51-14-12-47(13-15-51)60-49-18-24-53(25-19-49)69(36-40-72)37-41-73)33-29-58-28-6-30-65(2)55(76)45-8-10-46(11-9-45)56(77)66(3)31-7-32-71-35-34-67(4)57(71)63-68(5)52-22-16-48(17-23-52)61-50-20-26-54(27-21-50)70(38-42-74)39-43-75/h8-27,29,33-35,58,61,72-75H,6-7,28,30-32,36-44H2,1-5H3,(H,59,60)/p+2. The van der Waals surface area contributed by atoms with Gasteiger partial charge in [0.05, 0.1) is 76.5 Å². The summed E-state index contributed by atoms with van der Waals surface area (Å²) in [5.74, 6) is 0.687. The molecular weight excluding hydrogens is 977 g/mol. The molecule has 6 aromatic rings. The van der Waals surface area contributed by atoms with Gasteiger partial charge < -0.3 is 60.9 Å². The zero-order valence-electron chi connectivity index (χ0n) is 45.1. The van der Waals surface area contributed by atoms with Crippen LogP contribution in [0, 0.1) is 0 Å². The molecule has 0 aliphatic heterocycles. The number of anilines is 8. The second kappa shape index (κ2) is 30.5. The fourth-order valence-electron chi connectivity index (χ4n) is 8.40. The second-order valence-corrected chi connectivity index (χ2v) is 18.6. The quantitative estimate of drug-likeness (QED) is 0.0118. The highest BCUT2D eigenvalue weighted by atomic mass is 16.3. The second-order valence-electron chi connectivity index (χ2n) is 18.6. The third-order valence-electron chi connectivity index (χ3n) is 12.8. The van der Waals surface area contributed by atoms with Gasteiger partial charge in [-0.25, -0.2) is 14.1 Å². The fraction of sp³-hybridized carbons (Fsp3) is 0.351. The van der Waals surface area contributed by atoms with Crippen LogP contribution in [0.4, 0.5) is 51.4 Å². The third-order valence-corrected chi connectivity index (χ3v) is 12.8. The van der Waals surface area contributed by atoms with Crippen molar-refractivity contribution in [3.05, 3.63) is 157 Å². The summed E-state index contributed by atoms with van der Waals surface area (Å²) in [6, 6.07) is 38.4. The number of aryl methyl sites for hydroxylation is 2. The first-order valence-corrected chi connectivity index (χ1v) is 26.0. The summed E-state index contributed by atoms with van der Waals surface area (Å²) in [7, 11) is 9.47. The van der Waals surface area contributed by atoms with E-state index in [1.165, 1.54) is 0 Å². The number of amides is 2. The number of aliphatic hydroxyl groups is 4. The number of hydrazine groups is 1. The van der Waals surface area contributed by atoms with E-state index in [0.717, 1.165) is 70.8 Å². The summed E-state index contributed by atoms with van der Waals surface area (Å²) in [4.78, 5) is 35.9. The van der Waals surface area contributed by atoms with E-state index in [2.05, 4.69) is 36.2 Å². The minimum absolute atomic E-state index is 0.0162. The Morgan fingerprint density at radius 2 is 1.04 bits per heavy atom. The van der Waals surface area contributed by atoms with E-state index in [9.17, 15) is 30.0 Å². The minimum atomic E-state index is -0.105. The van der Waals surface area contributed by atoms with Gasteiger partial charge >= 0.3 is 5.95 Å². The summed E-state index contributed by atoms with van der Waals surface area (Å²) in [6.07, 6.45) is 9.45. The molecule has 1 heterocycles. The predicted molar refractivity (Wildman–Crippen MR) is 305 cm³/mol. The van der Waals surface area contributed by atoms with Gasteiger partial charge in [0.2, 0.25) is 0 Å². The molecule has 9 N–H and O–H groups in total. The molecule has 0 unspecified atom stereocenters. The van der Waals surface area contributed by atoms with E-state index in [1.54, 1.807) is 48.2 Å². The first-order chi connectivity index (χ1) is 37.4. The molecule has 20 heteroatoms. The molecule has 0 fully saturated rings. The van der Waals surface area contributed by atoms with Gasteiger partial charge in [-0.3, -0.25) is 9.59 Å². The number of imidazole rings is 1. The Morgan fingerprint density at radius 3 is 1.51 bits per heavy atom. The number of azo groups is 1. The first kappa shape index (κ1) is 58.3. The lowest BCUT2D eigenvalue weighted by molar-refractivity contribution is -0.656. The molecule has 0 saturated carbocycles. The molecule has 1 aromatic heterocycles. The molecule has 410 valence electrons. The van der Waals surface area contributed by atoms with Gasteiger partial charge in [-0.2, -0.15) is 15.7 Å².